The maximum atomic E-state index is 5.40. The lowest BCUT2D eigenvalue weighted by Crippen LogP contribution is -2.56. The first-order chi connectivity index (χ1) is 5.33. The van der Waals surface area contributed by atoms with Crippen molar-refractivity contribution < 1.29 is 4.74 Å². The highest BCUT2D eigenvalue weighted by molar-refractivity contribution is 5.16. The van der Waals surface area contributed by atoms with Crippen LogP contribution < -0.4 is 5.32 Å². The van der Waals surface area contributed by atoms with Crippen molar-refractivity contribution in [3.05, 3.63) is 0 Å². The summed E-state index contributed by atoms with van der Waals surface area (Å²) in [4.78, 5) is 0. The van der Waals surface area contributed by atoms with Crippen molar-refractivity contribution in [3.63, 3.8) is 0 Å². The standard InChI is InChI=1S/C9H17NO/c1-3-10-7-6-8(11-2)9(7)4-5-9/h7-8,10H,3-6H2,1-2H3. The van der Waals surface area contributed by atoms with Crippen molar-refractivity contribution in [2.45, 2.75) is 38.3 Å². The molecule has 2 atom stereocenters. The highest BCUT2D eigenvalue weighted by atomic mass is 16.5. The van der Waals surface area contributed by atoms with Gasteiger partial charge in [0.25, 0.3) is 0 Å². The van der Waals surface area contributed by atoms with Gasteiger partial charge >= 0.3 is 0 Å². The summed E-state index contributed by atoms with van der Waals surface area (Å²) in [6, 6.07) is 0.762. The van der Waals surface area contributed by atoms with E-state index in [1.54, 1.807) is 0 Å². The molecular formula is C9H17NO. The second kappa shape index (κ2) is 2.46. The van der Waals surface area contributed by atoms with Crippen LogP contribution in [-0.2, 0) is 4.74 Å². The summed E-state index contributed by atoms with van der Waals surface area (Å²) in [6.45, 7) is 3.28. The van der Waals surface area contributed by atoms with Gasteiger partial charge in [-0.3, -0.25) is 0 Å². The van der Waals surface area contributed by atoms with Crippen LogP contribution in [0.2, 0.25) is 0 Å². The third-order valence-electron chi connectivity index (χ3n) is 3.35. The molecule has 64 valence electrons. The summed E-state index contributed by atoms with van der Waals surface area (Å²) in [5, 5.41) is 3.52. The lowest BCUT2D eigenvalue weighted by atomic mass is 9.73. The normalized spacial score (nSPS) is 38.7. The number of nitrogens with one attached hydrogen (secondary N) is 1. The quantitative estimate of drug-likeness (QED) is 0.660. The van der Waals surface area contributed by atoms with Gasteiger partial charge in [0.15, 0.2) is 0 Å². The Morgan fingerprint density at radius 2 is 2.27 bits per heavy atom. The molecule has 0 aromatic rings. The molecule has 2 heteroatoms. The highest BCUT2D eigenvalue weighted by Gasteiger charge is 2.62. The zero-order valence-electron chi connectivity index (χ0n) is 7.39. The summed E-state index contributed by atoms with van der Waals surface area (Å²) in [7, 11) is 1.84. The molecule has 2 aliphatic rings. The molecule has 1 N–H and O–H groups in total. The molecule has 2 fully saturated rings. The van der Waals surface area contributed by atoms with E-state index in [1.807, 2.05) is 7.11 Å². The third kappa shape index (κ3) is 0.926. The zero-order chi connectivity index (χ0) is 7.90. The van der Waals surface area contributed by atoms with Crippen LogP contribution in [0.25, 0.3) is 0 Å². The monoisotopic (exact) mass is 155 g/mol. The number of methoxy groups -OCH3 is 1. The molecule has 0 aromatic heterocycles. The fourth-order valence-electron chi connectivity index (χ4n) is 2.43. The predicted molar refractivity (Wildman–Crippen MR) is 44.5 cm³/mol. The van der Waals surface area contributed by atoms with Crippen molar-refractivity contribution in [2.75, 3.05) is 13.7 Å². The average Bonchev–Trinajstić information content (AvgIpc) is 2.77. The summed E-state index contributed by atoms with van der Waals surface area (Å²) in [5.74, 6) is 0. The van der Waals surface area contributed by atoms with Crippen LogP contribution >= 0.6 is 0 Å². The molecule has 0 aliphatic heterocycles. The van der Waals surface area contributed by atoms with Crippen molar-refractivity contribution in [1.82, 2.24) is 5.32 Å². The van der Waals surface area contributed by atoms with Gasteiger partial charge in [-0.05, 0) is 25.8 Å². The number of ether oxygens (including phenoxy) is 1. The van der Waals surface area contributed by atoms with E-state index in [2.05, 4.69) is 12.2 Å². The number of hydrogen-bond donors (Lipinski definition) is 1. The van der Waals surface area contributed by atoms with E-state index in [1.165, 1.54) is 19.3 Å². The molecule has 2 aliphatic carbocycles. The molecule has 0 saturated heterocycles. The number of hydrogen-bond acceptors (Lipinski definition) is 2. The van der Waals surface area contributed by atoms with Gasteiger partial charge in [0, 0.05) is 18.6 Å². The third-order valence-corrected chi connectivity index (χ3v) is 3.35. The maximum absolute atomic E-state index is 5.40. The van der Waals surface area contributed by atoms with E-state index < -0.39 is 0 Å². The van der Waals surface area contributed by atoms with Gasteiger partial charge in [0.2, 0.25) is 0 Å². The molecular weight excluding hydrogens is 138 g/mol. The predicted octanol–water partition coefficient (Wildman–Crippen LogP) is 1.16. The highest BCUT2D eigenvalue weighted by Crippen LogP contribution is 2.61. The molecule has 2 unspecified atom stereocenters. The van der Waals surface area contributed by atoms with Crippen LogP contribution in [0.15, 0.2) is 0 Å². The van der Waals surface area contributed by atoms with E-state index in [0.29, 0.717) is 11.5 Å². The average molecular weight is 155 g/mol. The zero-order valence-corrected chi connectivity index (χ0v) is 7.39. The molecule has 0 amide bonds. The van der Waals surface area contributed by atoms with Crippen LogP contribution in [0.3, 0.4) is 0 Å². The van der Waals surface area contributed by atoms with Crippen molar-refractivity contribution in [1.29, 1.82) is 0 Å². The maximum Gasteiger partial charge on any atom is 0.0657 e. The van der Waals surface area contributed by atoms with Gasteiger partial charge < -0.3 is 10.1 Å². The first-order valence-corrected chi connectivity index (χ1v) is 4.59. The Morgan fingerprint density at radius 3 is 2.73 bits per heavy atom. The molecule has 0 heterocycles. The van der Waals surface area contributed by atoms with Crippen molar-refractivity contribution in [3.8, 4) is 0 Å². The van der Waals surface area contributed by atoms with Gasteiger partial charge in [0.1, 0.15) is 0 Å². The summed E-state index contributed by atoms with van der Waals surface area (Å²) in [6.07, 6.45) is 4.54. The summed E-state index contributed by atoms with van der Waals surface area (Å²) in [5.41, 5.74) is 0.574. The first kappa shape index (κ1) is 7.56. The Labute approximate surface area is 68.3 Å². The summed E-state index contributed by atoms with van der Waals surface area (Å²) >= 11 is 0. The van der Waals surface area contributed by atoms with Gasteiger partial charge in [-0.2, -0.15) is 0 Å². The molecule has 11 heavy (non-hydrogen) atoms. The van der Waals surface area contributed by atoms with Gasteiger partial charge in [-0.15, -0.1) is 0 Å². The molecule has 2 nitrogen and oxygen atoms in total. The van der Waals surface area contributed by atoms with E-state index in [4.69, 9.17) is 4.74 Å². The Morgan fingerprint density at radius 1 is 1.55 bits per heavy atom. The fourth-order valence-corrected chi connectivity index (χ4v) is 2.43. The van der Waals surface area contributed by atoms with Gasteiger partial charge in [-0.25, -0.2) is 0 Å². The number of rotatable bonds is 3. The summed E-state index contributed by atoms with van der Waals surface area (Å²) < 4.78 is 5.40. The molecule has 1 spiro atoms. The lowest BCUT2D eigenvalue weighted by molar-refractivity contribution is -0.0591. The second-order valence-corrected chi connectivity index (χ2v) is 3.80. The minimum absolute atomic E-state index is 0.562. The second-order valence-electron chi connectivity index (χ2n) is 3.80. The van der Waals surface area contributed by atoms with Gasteiger partial charge in [0.05, 0.1) is 6.10 Å². The van der Waals surface area contributed by atoms with Gasteiger partial charge in [-0.1, -0.05) is 6.92 Å². The molecule has 0 aromatic carbocycles. The Hall–Kier alpha value is -0.0800. The van der Waals surface area contributed by atoms with Crippen molar-refractivity contribution in [2.24, 2.45) is 5.41 Å². The molecule has 0 bridgehead atoms. The van der Waals surface area contributed by atoms with Crippen LogP contribution in [0.1, 0.15) is 26.2 Å². The van der Waals surface area contributed by atoms with E-state index in [-0.39, 0.29) is 0 Å². The van der Waals surface area contributed by atoms with Crippen molar-refractivity contribution >= 4 is 0 Å². The molecule has 0 radical (unpaired) electrons. The Balaban J connectivity index is 1.90. The molecule has 2 rings (SSSR count). The van der Waals surface area contributed by atoms with E-state index in [9.17, 15) is 0 Å². The smallest absolute Gasteiger partial charge is 0.0657 e. The molecule has 2 saturated carbocycles. The van der Waals surface area contributed by atoms with Crippen LogP contribution in [0.5, 0.6) is 0 Å². The van der Waals surface area contributed by atoms with E-state index >= 15 is 0 Å². The first-order valence-electron chi connectivity index (χ1n) is 4.59. The Bertz CT molecular complexity index is 154. The van der Waals surface area contributed by atoms with Crippen LogP contribution in [0.4, 0.5) is 0 Å². The minimum atomic E-state index is 0.562. The van der Waals surface area contributed by atoms with Crippen LogP contribution in [0, 0.1) is 5.41 Å². The van der Waals surface area contributed by atoms with E-state index in [0.717, 1.165) is 12.6 Å². The fraction of sp³-hybridized carbons (Fsp3) is 1.00. The van der Waals surface area contributed by atoms with Crippen LogP contribution in [-0.4, -0.2) is 25.8 Å². The minimum Gasteiger partial charge on any atom is -0.381 e. The SMILES string of the molecule is CCNC1CC(OC)C12CC2. The lowest BCUT2D eigenvalue weighted by Gasteiger charge is -2.45. The largest absolute Gasteiger partial charge is 0.381 e. The Kier molecular flexibility index (Phi) is 1.69. The topological polar surface area (TPSA) is 21.3 Å².